The molecule has 132 valence electrons. The molecule has 2 N–H and O–H groups in total. The average molecular weight is 330 g/mol. The van der Waals surface area contributed by atoms with Crippen molar-refractivity contribution in [1.82, 2.24) is 0 Å². The van der Waals surface area contributed by atoms with E-state index in [4.69, 9.17) is 0 Å². The average Bonchev–Trinajstić information content (AvgIpc) is 2.70. The van der Waals surface area contributed by atoms with E-state index in [-0.39, 0.29) is 28.6 Å². The van der Waals surface area contributed by atoms with Gasteiger partial charge in [0, 0.05) is 17.4 Å². The molecule has 0 amide bonds. The number of hydrogen-bond donors (Lipinski definition) is 2. The minimum atomic E-state index is -0.763. The van der Waals surface area contributed by atoms with Gasteiger partial charge in [-0.15, -0.1) is 0 Å². The standard InChI is InChI=1S/C21H30O3/c1-12-13(2)18(23)19(3)8-7-16-15(17(12)19)6-10-21(24)11-14(22)5-9-20(16,21)4/h14-17,22,24H,1-2,5-11H2,3-4H3/t14-,15+,16-,17-,19-,20+,21-/m0/s1. The topological polar surface area (TPSA) is 57.5 Å². The highest BCUT2D eigenvalue weighted by molar-refractivity contribution is 6.07. The molecule has 0 aromatic heterocycles. The predicted octanol–water partition coefficient (Wildman–Crippen LogP) is 3.41. The summed E-state index contributed by atoms with van der Waals surface area (Å²) < 4.78 is 0. The Bertz CT molecular complexity index is 637. The number of Topliss-reactive ketones (excluding diaryl/α,β-unsaturated/α-hetero) is 1. The van der Waals surface area contributed by atoms with Crippen LogP contribution in [0.4, 0.5) is 0 Å². The number of carbonyl (C=O) groups excluding carboxylic acids is 1. The summed E-state index contributed by atoms with van der Waals surface area (Å²) in [7, 11) is 0. The van der Waals surface area contributed by atoms with E-state index in [0.29, 0.717) is 23.8 Å². The lowest BCUT2D eigenvalue weighted by atomic mass is 9.43. The van der Waals surface area contributed by atoms with Gasteiger partial charge in [0.15, 0.2) is 5.78 Å². The normalized spacial score (nSPS) is 54.2. The molecule has 24 heavy (non-hydrogen) atoms. The fraction of sp³-hybridized carbons (Fsp3) is 0.762. The molecule has 0 saturated heterocycles. The van der Waals surface area contributed by atoms with Crippen molar-refractivity contribution in [2.45, 2.75) is 70.5 Å². The maximum atomic E-state index is 12.8. The third-order valence-electron chi connectivity index (χ3n) is 8.50. The van der Waals surface area contributed by atoms with E-state index >= 15 is 0 Å². The van der Waals surface area contributed by atoms with Crippen LogP contribution in [-0.2, 0) is 4.79 Å². The van der Waals surface area contributed by atoms with Crippen molar-refractivity contribution in [3.63, 3.8) is 0 Å². The van der Waals surface area contributed by atoms with E-state index in [9.17, 15) is 15.0 Å². The molecule has 3 heteroatoms. The number of fused-ring (bicyclic) bond motifs is 5. The second-order valence-corrected chi connectivity index (χ2v) is 9.42. The SMILES string of the molecule is C=C1C(=C)[C@H]2[C@@H]3CC[C@]4(O)C[C@@H](O)CC[C@]4(C)[C@H]3CC[C@]2(C)C1=O. The summed E-state index contributed by atoms with van der Waals surface area (Å²) in [5, 5.41) is 21.5. The van der Waals surface area contributed by atoms with Crippen molar-refractivity contribution in [3.05, 3.63) is 24.3 Å². The van der Waals surface area contributed by atoms with Crippen LogP contribution in [0.3, 0.4) is 0 Å². The third kappa shape index (κ3) is 1.78. The van der Waals surface area contributed by atoms with Gasteiger partial charge in [0.05, 0.1) is 11.7 Å². The minimum absolute atomic E-state index is 0.163. The number of allylic oxidation sites excluding steroid dienone is 2. The van der Waals surface area contributed by atoms with Gasteiger partial charge >= 0.3 is 0 Å². The third-order valence-corrected chi connectivity index (χ3v) is 8.50. The summed E-state index contributed by atoms with van der Waals surface area (Å²) in [6, 6.07) is 0. The van der Waals surface area contributed by atoms with Crippen LogP contribution >= 0.6 is 0 Å². The van der Waals surface area contributed by atoms with E-state index in [1.54, 1.807) is 0 Å². The molecule has 0 radical (unpaired) electrons. The molecule has 4 saturated carbocycles. The summed E-state index contributed by atoms with van der Waals surface area (Å²) in [5.41, 5.74) is 0.315. The summed E-state index contributed by atoms with van der Waals surface area (Å²) in [5.74, 6) is 1.18. The molecule has 7 atom stereocenters. The molecule has 0 aliphatic heterocycles. The fourth-order valence-corrected chi connectivity index (χ4v) is 7.01. The molecule has 4 aliphatic rings. The summed E-state index contributed by atoms with van der Waals surface area (Å²) >= 11 is 0. The minimum Gasteiger partial charge on any atom is -0.393 e. The first kappa shape index (κ1) is 16.5. The van der Waals surface area contributed by atoms with Crippen LogP contribution < -0.4 is 0 Å². The van der Waals surface area contributed by atoms with Crippen molar-refractivity contribution in [3.8, 4) is 0 Å². The second-order valence-electron chi connectivity index (χ2n) is 9.42. The zero-order valence-corrected chi connectivity index (χ0v) is 15.0. The van der Waals surface area contributed by atoms with E-state index in [0.717, 1.165) is 44.1 Å². The smallest absolute Gasteiger partial charge is 0.169 e. The van der Waals surface area contributed by atoms with Gasteiger partial charge in [-0.05, 0) is 67.3 Å². The highest BCUT2D eigenvalue weighted by atomic mass is 16.3. The first-order valence-electron chi connectivity index (χ1n) is 9.47. The Balaban J connectivity index is 1.74. The van der Waals surface area contributed by atoms with Gasteiger partial charge in [-0.1, -0.05) is 27.0 Å². The Labute approximate surface area is 144 Å². The maximum Gasteiger partial charge on any atom is 0.169 e. The van der Waals surface area contributed by atoms with E-state index in [1.165, 1.54) is 0 Å². The number of carbonyl (C=O) groups is 1. The van der Waals surface area contributed by atoms with Crippen molar-refractivity contribution in [2.75, 3.05) is 0 Å². The van der Waals surface area contributed by atoms with Gasteiger partial charge < -0.3 is 10.2 Å². The van der Waals surface area contributed by atoms with Gasteiger partial charge in [0.1, 0.15) is 0 Å². The number of hydrogen-bond acceptors (Lipinski definition) is 3. The molecule has 0 aromatic carbocycles. The first-order chi connectivity index (χ1) is 11.1. The second kappa shape index (κ2) is 4.82. The Morgan fingerprint density at radius 1 is 1.08 bits per heavy atom. The molecular weight excluding hydrogens is 300 g/mol. The quantitative estimate of drug-likeness (QED) is 0.669. The van der Waals surface area contributed by atoms with Crippen molar-refractivity contribution in [1.29, 1.82) is 0 Å². The van der Waals surface area contributed by atoms with Crippen LogP contribution in [0.15, 0.2) is 24.3 Å². The lowest BCUT2D eigenvalue weighted by Crippen LogP contribution is -2.63. The van der Waals surface area contributed by atoms with Gasteiger partial charge in [-0.25, -0.2) is 0 Å². The Morgan fingerprint density at radius 2 is 1.79 bits per heavy atom. The first-order valence-corrected chi connectivity index (χ1v) is 9.47. The van der Waals surface area contributed by atoms with Crippen LogP contribution in [-0.4, -0.2) is 27.7 Å². The highest BCUT2D eigenvalue weighted by Gasteiger charge is 2.65. The molecule has 3 nitrogen and oxygen atoms in total. The molecule has 4 rings (SSSR count). The van der Waals surface area contributed by atoms with Crippen LogP contribution in [0.25, 0.3) is 0 Å². The van der Waals surface area contributed by atoms with E-state index < -0.39 is 5.60 Å². The molecule has 0 aromatic rings. The monoisotopic (exact) mass is 330 g/mol. The summed E-state index contributed by atoms with van der Waals surface area (Å²) in [4.78, 5) is 12.8. The molecule has 0 bridgehead atoms. The van der Waals surface area contributed by atoms with Crippen LogP contribution in [0, 0.1) is 28.6 Å². The molecule has 0 spiro atoms. The van der Waals surface area contributed by atoms with E-state index in [2.05, 4.69) is 27.0 Å². The van der Waals surface area contributed by atoms with Crippen LogP contribution in [0.2, 0.25) is 0 Å². The largest absolute Gasteiger partial charge is 0.393 e. The lowest BCUT2D eigenvalue weighted by Gasteiger charge is -2.63. The van der Waals surface area contributed by atoms with Gasteiger partial charge in [-0.2, -0.15) is 0 Å². The van der Waals surface area contributed by atoms with Crippen molar-refractivity contribution < 1.29 is 15.0 Å². The molecule has 4 aliphatic carbocycles. The molecule has 0 unspecified atom stereocenters. The molecule has 0 heterocycles. The Morgan fingerprint density at radius 3 is 2.50 bits per heavy atom. The number of aliphatic hydroxyl groups excluding tert-OH is 1. The van der Waals surface area contributed by atoms with Crippen molar-refractivity contribution in [2.24, 2.45) is 28.6 Å². The summed E-state index contributed by atoms with van der Waals surface area (Å²) in [6.45, 7) is 12.6. The predicted molar refractivity (Wildman–Crippen MR) is 93.2 cm³/mol. The number of rotatable bonds is 0. The van der Waals surface area contributed by atoms with Gasteiger partial charge in [-0.3, -0.25) is 4.79 Å². The van der Waals surface area contributed by atoms with Crippen LogP contribution in [0.5, 0.6) is 0 Å². The van der Waals surface area contributed by atoms with Gasteiger partial charge in [0.2, 0.25) is 0 Å². The van der Waals surface area contributed by atoms with Crippen LogP contribution in [0.1, 0.15) is 58.8 Å². The van der Waals surface area contributed by atoms with Crippen molar-refractivity contribution >= 4 is 5.78 Å². The van der Waals surface area contributed by atoms with E-state index in [1.807, 2.05) is 0 Å². The highest BCUT2D eigenvalue weighted by Crippen LogP contribution is 2.67. The zero-order valence-electron chi connectivity index (χ0n) is 15.0. The number of ketones is 1. The number of aliphatic hydroxyl groups is 2. The Hall–Kier alpha value is -0.930. The lowest BCUT2D eigenvalue weighted by molar-refractivity contribution is -0.215. The molecular formula is C21H30O3. The zero-order chi connectivity index (χ0) is 17.5. The fourth-order valence-electron chi connectivity index (χ4n) is 7.01. The summed E-state index contributed by atoms with van der Waals surface area (Å²) in [6.07, 6.45) is 5.26. The molecule has 4 fully saturated rings. The Kier molecular flexibility index (Phi) is 3.32. The van der Waals surface area contributed by atoms with Gasteiger partial charge in [0.25, 0.3) is 0 Å². The maximum absolute atomic E-state index is 12.8.